The molecule has 3 aromatic rings. The van der Waals surface area contributed by atoms with Gasteiger partial charge in [-0.15, -0.1) is 0 Å². The van der Waals surface area contributed by atoms with Crippen LogP contribution in [0.25, 0.3) is 11.0 Å². The molecule has 150 valence electrons. The molecule has 0 unspecified atom stereocenters. The van der Waals surface area contributed by atoms with Crippen LogP contribution in [-0.4, -0.2) is 45.3 Å². The van der Waals surface area contributed by atoms with Gasteiger partial charge in [0.05, 0.1) is 11.0 Å². The molecule has 0 atom stereocenters. The Morgan fingerprint density at radius 1 is 1.14 bits per heavy atom. The maximum atomic E-state index is 5.13. The van der Waals surface area contributed by atoms with Gasteiger partial charge in [-0.3, -0.25) is 4.99 Å². The predicted octanol–water partition coefficient (Wildman–Crippen LogP) is 2.61. The van der Waals surface area contributed by atoms with Crippen molar-refractivity contribution in [3.63, 3.8) is 0 Å². The topological polar surface area (TPSA) is 93.2 Å². The van der Waals surface area contributed by atoms with Gasteiger partial charge < -0.3 is 19.7 Å². The third-order valence-electron chi connectivity index (χ3n) is 4.43. The lowest BCUT2D eigenvalue weighted by Gasteiger charge is -2.11. The second kappa shape index (κ2) is 9.87. The number of benzene rings is 1. The standard InChI is InChI=1S/C20H29N7O/c1-4-21-20(22-12-7-11-19-24-15(2)26-28-19)23-13-8-14-27-16(3)25-17-9-5-6-10-18(17)27/h5-6,9-10H,4,7-8,11-14H2,1-3H3,(H2,21,22,23). The van der Waals surface area contributed by atoms with Crippen LogP contribution in [0.4, 0.5) is 0 Å². The van der Waals surface area contributed by atoms with E-state index in [1.54, 1.807) is 0 Å². The molecule has 0 aliphatic heterocycles. The van der Waals surface area contributed by atoms with Crippen LogP contribution in [0, 0.1) is 13.8 Å². The monoisotopic (exact) mass is 383 g/mol. The number of aliphatic imine (C=N–C) groups is 1. The second-order valence-corrected chi connectivity index (χ2v) is 6.68. The first-order valence-corrected chi connectivity index (χ1v) is 9.90. The Hall–Kier alpha value is -2.90. The lowest BCUT2D eigenvalue weighted by Crippen LogP contribution is -2.38. The summed E-state index contributed by atoms with van der Waals surface area (Å²) in [6.07, 6.45) is 2.63. The largest absolute Gasteiger partial charge is 0.357 e. The highest BCUT2D eigenvalue weighted by atomic mass is 16.5. The van der Waals surface area contributed by atoms with Crippen molar-refractivity contribution in [2.45, 2.75) is 46.6 Å². The summed E-state index contributed by atoms with van der Waals surface area (Å²) in [7, 11) is 0. The Kier molecular flexibility index (Phi) is 7.00. The summed E-state index contributed by atoms with van der Waals surface area (Å²) < 4.78 is 7.39. The zero-order valence-corrected chi connectivity index (χ0v) is 16.9. The molecule has 0 radical (unpaired) electrons. The smallest absolute Gasteiger partial charge is 0.226 e. The molecule has 0 saturated carbocycles. The number of nitrogens with one attached hydrogen (secondary N) is 2. The summed E-state index contributed by atoms with van der Waals surface area (Å²) in [5.41, 5.74) is 2.24. The van der Waals surface area contributed by atoms with Gasteiger partial charge in [0.2, 0.25) is 5.89 Å². The summed E-state index contributed by atoms with van der Waals surface area (Å²) in [5, 5.41) is 10.5. The van der Waals surface area contributed by atoms with Crippen LogP contribution in [0.1, 0.15) is 37.3 Å². The van der Waals surface area contributed by atoms with Gasteiger partial charge in [0.15, 0.2) is 11.8 Å². The number of hydrogen-bond donors (Lipinski definition) is 2. The van der Waals surface area contributed by atoms with Crippen LogP contribution in [0.2, 0.25) is 0 Å². The number of imidazole rings is 1. The minimum absolute atomic E-state index is 0.679. The van der Waals surface area contributed by atoms with Crippen LogP contribution >= 0.6 is 0 Å². The Morgan fingerprint density at radius 2 is 2.00 bits per heavy atom. The summed E-state index contributed by atoms with van der Waals surface area (Å²) in [5.74, 6) is 3.26. The maximum absolute atomic E-state index is 5.13. The maximum Gasteiger partial charge on any atom is 0.226 e. The van der Waals surface area contributed by atoms with E-state index in [1.165, 1.54) is 5.52 Å². The highest BCUT2D eigenvalue weighted by molar-refractivity contribution is 5.79. The van der Waals surface area contributed by atoms with Gasteiger partial charge in [0, 0.05) is 32.6 Å². The van der Waals surface area contributed by atoms with Crippen molar-refractivity contribution in [3.8, 4) is 0 Å². The van der Waals surface area contributed by atoms with Crippen LogP contribution in [-0.2, 0) is 13.0 Å². The zero-order valence-electron chi connectivity index (χ0n) is 16.9. The van der Waals surface area contributed by atoms with Crippen LogP contribution in [0.15, 0.2) is 33.8 Å². The molecule has 2 aromatic heterocycles. The highest BCUT2D eigenvalue weighted by Crippen LogP contribution is 2.15. The molecule has 0 amide bonds. The number of fused-ring (bicyclic) bond motifs is 1. The first-order chi connectivity index (χ1) is 13.7. The van der Waals surface area contributed by atoms with Crippen LogP contribution < -0.4 is 10.6 Å². The van der Waals surface area contributed by atoms with Gasteiger partial charge in [-0.25, -0.2) is 4.98 Å². The van der Waals surface area contributed by atoms with Crippen LogP contribution in [0.3, 0.4) is 0 Å². The fourth-order valence-corrected chi connectivity index (χ4v) is 3.13. The molecule has 1 aromatic carbocycles. The number of aromatic nitrogens is 4. The molecule has 0 bridgehead atoms. The Morgan fingerprint density at radius 3 is 2.79 bits per heavy atom. The molecule has 0 aliphatic rings. The highest BCUT2D eigenvalue weighted by Gasteiger charge is 2.06. The van der Waals surface area contributed by atoms with Gasteiger partial charge in [-0.05, 0) is 45.7 Å². The van der Waals surface area contributed by atoms with E-state index in [0.717, 1.165) is 62.7 Å². The minimum atomic E-state index is 0.679. The van der Waals surface area contributed by atoms with Crippen LogP contribution in [0.5, 0.6) is 0 Å². The normalized spacial score (nSPS) is 11.9. The van der Waals surface area contributed by atoms with E-state index in [2.05, 4.69) is 67.4 Å². The summed E-state index contributed by atoms with van der Waals surface area (Å²) in [6, 6.07) is 8.26. The average Bonchev–Trinajstić information content (AvgIpc) is 3.24. The van der Waals surface area contributed by atoms with Crippen molar-refractivity contribution in [1.82, 2.24) is 30.3 Å². The van der Waals surface area contributed by atoms with Crippen molar-refractivity contribution < 1.29 is 4.52 Å². The molecule has 28 heavy (non-hydrogen) atoms. The first-order valence-electron chi connectivity index (χ1n) is 9.90. The molecular formula is C20H29N7O. The van der Waals surface area contributed by atoms with Gasteiger partial charge >= 0.3 is 0 Å². The summed E-state index contributed by atoms with van der Waals surface area (Å²) in [6.45, 7) is 9.25. The van der Waals surface area contributed by atoms with Gasteiger partial charge in [-0.2, -0.15) is 4.98 Å². The number of aryl methyl sites for hydroxylation is 4. The molecule has 8 heteroatoms. The number of para-hydroxylation sites is 2. The van der Waals surface area contributed by atoms with Gasteiger partial charge in [0.25, 0.3) is 0 Å². The quantitative estimate of drug-likeness (QED) is 0.335. The van der Waals surface area contributed by atoms with Gasteiger partial charge in [-0.1, -0.05) is 17.3 Å². The average molecular weight is 384 g/mol. The van der Waals surface area contributed by atoms with Crippen molar-refractivity contribution >= 4 is 17.0 Å². The summed E-state index contributed by atoms with van der Waals surface area (Å²) >= 11 is 0. The van der Waals surface area contributed by atoms with Crippen molar-refractivity contribution in [2.75, 3.05) is 19.6 Å². The van der Waals surface area contributed by atoms with E-state index in [4.69, 9.17) is 4.52 Å². The lowest BCUT2D eigenvalue weighted by molar-refractivity contribution is 0.372. The van der Waals surface area contributed by atoms with E-state index < -0.39 is 0 Å². The molecule has 0 saturated heterocycles. The Labute approximate surface area is 165 Å². The molecule has 0 fully saturated rings. The Balaban J connectivity index is 1.45. The molecule has 3 rings (SSSR count). The Bertz CT molecular complexity index is 912. The van der Waals surface area contributed by atoms with E-state index >= 15 is 0 Å². The van der Waals surface area contributed by atoms with Crippen molar-refractivity contribution in [2.24, 2.45) is 4.99 Å². The molecule has 2 heterocycles. The van der Waals surface area contributed by atoms with Gasteiger partial charge in [0.1, 0.15) is 5.82 Å². The molecular weight excluding hydrogens is 354 g/mol. The number of hydrogen-bond acceptors (Lipinski definition) is 5. The first kappa shape index (κ1) is 19.9. The molecule has 0 aliphatic carbocycles. The van der Waals surface area contributed by atoms with E-state index in [0.29, 0.717) is 11.7 Å². The third-order valence-corrected chi connectivity index (χ3v) is 4.43. The fourth-order valence-electron chi connectivity index (χ4n) is 3.13. The fraction of sp³-hybridized carbons (Fsp3) is 0.500. The number of nitrogens with zero attached hydrogens (tertiary/aromatic N) is 5. The summed E-state index contributed by atoms with van der Waals surface area (Å²) in [4.78, 5) is 13.5. The van der Waals surface area contributed by atoms with Crippen molar-refractivity contribution in [1.29, 1.82) is 0 Å². The predicted molar refractivity (Wildman–Crippen MR) is 110 cm³/mol. The van der Waals surface area contributed by atoms with E-state index in [9.17, 15) is 0 Å². The van der Waals surface area contributed by atoms with E-state index in [1.807, 2.05) is 13.0 Å². The molecule has 2 N–H and O–H groups in total. The van der Waals surface area contributed by atoms with E-state index in [-0.39, 0.29) is 0 Å². The molecule has 0 spiro atoms. The van der Waals surface area contributed by atoms with Crippen molar-refractivity contribution in [3.05, 3.63) is 41.8 Å². The zero-order chi connectivity index (χ0) is 19.8. The third kappa shape index (κ3) is 5.31. The number of guanidine groups is 1. The SMILES string of the molecule is CCNC(=NCCCn1c(C)nc2ccccc21)NCCCc1nc(C)no1. The molecule has 8 nitrogen and oxygen atoms in total. The second-order valence-electron chi connectivity index (χ2n) is 6.68. The minimum Gasteiger partial charge on any atom is -0.357 e. The number of rotatable bonds is 9. The lowest BCUT2D eigenvalue weighted by atomic mass is 10.3.